The van der Waals surface area contributed by atoms with Gasteiger partial charge in [-0.2, -0.15) is 11.3 Å². The Morgan fingerprint density at radius 2 is 2.14 bits per heavy atom. The van der Waals surface area contributed by atoms with Gasteiger partial charge < -0.3 is 9.88 Å². The summed E-state index contributed by atoms with van der Waals surface area (Å²) in [6.45, 7) is 7.09. The van der Waals surface area contributed by atoms with Crippen LogP contribution in [0.5, 0.6) is 0 Å². The Morgan fingerprint density at radius 3 is 2.83 bits per heavy atom. The van der Waals surface area contributed by atoms with Crippen molar-refractivity contribution in [3.8, 4) is 0 Å². The number of nitrogens with one attached hydrogen (secondary N) is 1. The predicted molar refractivity (Wildman–Crippen MR) is 116 cm³/mol. The van der Waals surface area contributed by atoms with E-state index in [9.17, 15) is 9.59 Å². The summed E-state index contributed by atoms with van der Waals surface area (Å²) >= 11 is 1.63. The van der Waals surface area contributed by atoms with E-state index in [1.165, 1.54) is 22.7 Å². The van der Waals surface area contributed by atoms with Crippen molar-refractivity contribution in [3.63, 3.8) is 0 Å². The molecular formula is C23H23N3O2S. The third-order valence-corrected chi connectivity index (χ3v) is 6.46. The number of benzene rings is 1. The van der Waals surface area contributed by atoms with Crippen molar-refractivity contribution in [2.24, 2.45) is 5.92 Å². The normalized spacial score (nSPS) is 18.4. The summed E-state index contributed by atoms with van der Waals surface area (Å²) in [5.41, 5.74) is 5.94. The van der Waals surface area contributed by atoms with Gasteiger partial charge in [0.2, 0.25) is 5.91 Å². The zero-order valence-corrected chi connectivity index (χ0v) is 17.5. The molecule has 148 valence electrons. The van der Waals surface area contributed by atoms with Crippen LogP contribution < -0.4 is 5.32 Å². The highest BCUT2D eigenvalue weighted by Gasteiger charge is 2.41. The average molecular weight is 406 g/mol. The van der Waals surface area contributed by atoms with Crippen LogP contribution in [0.3, 0.4) is 0 Å². The van der Waals surface area contributed by atoms with Crippen LogP contribution in [0.1, 0.15) is 37.8 Å². The summed E-state index contributed by atoms with van der Waals surface area (Å²) in [7, 11) is 0. The Bertz CT molecular complexity index is 1170. The fourth-order valence-electron chi connectivity index (χ4n) is 4.60. The predicted octanol–water partition coefficient (Wildman–Crippen LogP) is 4.56. The van der Waals surface area contributed by atoms with Crippen LogP contribution in [0.15, 0.2) is 52.5 Å². The lowest BCUT2D eigenvalue weighted by atomic mass is 9.86. The fourth-order valence-corrected chi connectivity index (χ4v) is 5.29. The highest BCUT2D eigenvalue weighted by molar-refractivity contribution is 7.08. The molecule has 2 aliphatic rings. The monoisotopic (exact) mass is 405 g/mol. The van der Waals surface area contributed by atoms with Gasteiger partial charge in [0.1, 0.15) is 0 Å². The van der Waals surface area contributed by atoms with Gasteiger partial charge in [0.05, 0.1) is 17.6 Å². The zero-order valence-electron chi connectivity index (χ0n) is 16.7. The van der Waals surface area contributed by atoms with E-state index in [0.717, 1.165) is 29.1 Å². The summed E-state index contributed by atoms with van der Waals surface area (Å²) in [5.74, 6) is -0.0765. The molecule has 2 amide bonds. The molecule has 0 bridgehead atoms. The summed E-state index contributed by atoms with van der Waals surface area (Å²) in [4.78, 5) is 26.7. The van der Waals surface area contributed by atoms with Gasteiger partial charge in [-0.25, -0.2) is 0 Å². The molecule has 4 heterocycles. The van der Waals surface area contributed by atoms with E-state index >= 15 is 0 Å². The first-order valence-electron chi connectivity index (χ1n) is 9.92. The van der Waals surface area contributed by atoms with Crippen molar-refractivity contribution in [2.75, 3.05) is 11.9 Å². The molecule has 0 fully saturated rings. The lowest BCUT2D eigenvalue weighted by Crippen LogP contribution is -2.33. The topological polar surface area (TPSA) is 54.3 Å². The molecule has 0 saturated carbocycles. The first-order valence-corrected chi connectivity index (χ1v) is 10.9. The largest absolute Gasteiger partial charge is 0.356 e. The molecule has 0 saturated heterocycles. The molecule has 1 aromatic carbocycles. The van der Waals surface area contributed by atoms with Crippen molar-refractivity contribution in [2.45, 2.75) is 33.2 Å². The summed E-state index contributed by atoms with van der Waals surface area (Å²) in [5, 5.41) is 8.84. The SMILES string of the molecule is CC(=O)N1CC2=C(C1=O)[C@@H](c1ccsc1)c1cn(CC(C)C)c3cccc(c13)N2. The molecular weight excluding hydrogens is 382 g/mol. The fraction of sp³-hybridized carbons (Fsp3) is 0.304. The summed E-state index contributed by atoms with van der Waals surface area (Å²) < 4.78 is 2.30. The second kappa shape index (κ2) is 6.59. The minimum absolute atomic E-state index is 0.180. The highest BCUT2D eigenvalue weighted by atomic mass is 32.1. The number of amides is 2. The van der Waals surface area contributed by atoms with Gasteiger partial charge in [-0.3, -0.25) is 14.5 Å². The zero-order chi connectivity index (χ0) is 20.3. The van der Waals surface area contributed by atoms with Crippen molar-refractivity contribution in [1.82, 2.24) is 9.47 Å². The van der Waals surface area contributed by atoms with E-state index in [4.69, 9.17) is 0 Å². The molecule has 3 aromatic rings. The molecule has 29 heavy (non-hydrogen) atoms. The molecule has 5 nitrogen and oxygen atoms in total. The minimum atomic E-state index is -0.218. The van der Waals surface area contributed by atoms with E-state index in [-0.39, 0.29) is 17.7 Å². The van der Waals surface area contributed by atoms with E-state index < -0.39 is 0 Å². The van der Waals surface area contributed by atoms with Crippen LogP contribution in [0.25, 0.3) is 10.9 Å². The highest BCUT2D eigenvalue weighted by Crippen LogP contribution is 2.46. The molecule has 0 aliphatic carbocycles. The number of nitrogens with zero attached hydrogens (tertiary/aromatic N) is 2. The van der Waals surface area contributed by atoms with Crippen LogP contribution >= 0.6 is 11.3 Å². The van der Waals surface area contributed by atoms with E-state index in [0.29, 0.717) is 18.0 Å². The lowest BCUT2D eigenvalue weighted by Gasteiger charge is -2.18. The Morgan fingerprint density at radius 1 is 1.31 bits per heavy atom. The van der Waals surface area contributed by atoms with Crippen LogP contribution in [-0.4, -0.2) is 27.8 Å². The van der Waals surface area contributed by atoms with Crippen LogP contribution in [0.2, 0.25) is 0 Å². The van der Waals surface area contributed by atoms with E-state index in [1.54, 1.807) is 11.3 Å². The Labute approximate surface area is 173 Å². The van der Waals surface area contributed by atoms with Crippen LogP contribution in [0, 0.1) is 5.92 Å². The molecule has 5 rings (SSSR count). The first kappa shape index (κ1) is 18.2. The molecule has 2 aliphatic heterocycles. The number of aromatic nitrogens is 1. The number of thiophene rings is 1. The molecule has 1 N–H and O–H groups in total. The summed E-state index contributed by atoms with van der Waals surface area (Å²) in [6.07, 6.45) is 2.21. The number of rotatable bonds is 3. The second-order valence-electron chi connectivity index (χ2n) is 8.25. The van der Waals surface area contributed by atoms with Gasteiger partial charge in [-0.15, -0.1) is 0 Å². The van der Waals surface area contributed by atoms with Gasteiger partial charge in [0.25, 0.3) is 5.91 Å². The average Bonchev–Trinajstić information content (AvgIpc) is 3.36. The second-order valence-corrected chi connectivity index (χ2v) is 9.03. The van der Waals surface area contributed by atoms with Gasteiger partial charge >= 0.3 is 0 Å². The molecule has 0 radical (unpaired) electrons. The van der Waals surface area contributed by atoms with Gasteiger partial charge in [-0.1, -0.05) is 19.9 Å². The molecule has 6 heteroatoms. The summed E-state index contributed by atoms with van der Waals surface area (Å²) in [6, 6.07) is 8.35. The number of carbonyl (C=O) groups excluding carboxylic acids is 2. The van der Waals surface area contributed by atoms with Gasteiger partial charge in [0, 0.05) is 42.4 Å². The molecule has 2 aromatic heterocycles. The van der Waals surface area contributed by atoms with E-state index in [2.05, 4.69) is 59.6 Å². The smallest absolute Gasteiger partial charge is 0.259 e. The number of imide groups is 1. The minimum Gasteiger partial charge on any atom is -0.356 e. The van der Waals surface area contributed by atoms with Crippen molar-refractivity contribution in [1.29, 1.82) is 0 Å². The Balaban J connectivity index is 1.78. The first-order chi connectivity index (χ1) is 14.0. The number of hydrogen-bond acceptors (Lipinski definition) is 4. The van der Waals surface area contributed by atoms with Crippen LogP contribution in [-0.2, 0) is 16.1 Å². The molecule has 0 spiro atoms. The maximum atomic E-state index is 13.3. The number of carbonyl (C=O) groups is 2. The standard InChI is InChI=1S/C23H23N3O2S/c1-13(2)9-25-10-16-20(15-7-8-29-12-15)22-18(11-26(14(3)27)23(22)28)24-17-5-4-6-19(25)21(16)17/h4-8,10,12-13,20,24H,9,11H2,1-3H3/t20-/m0/s1. The van der Waals surface area contributed by atoms with Crippen molar-refractivity contribution < 1.29 is 9.59 Å². The number of hydrogen-bond donors (Lipinski definition) is 1. The maximum Gasteiger partial charge on any atom is 0.259 e. The van der Waals surface area contributed by atoms with Crippen molar-refractivity contribution in [3.05, 3.63) is 63.6 Å². The maximum absolute atomic E-state index is 13.3. The van der Waals surface area contributed by atoms with Gasteiger partial charge in [-0.05, 0) is 46.0 Å². The molecule has 1 atom stereocenters. The third-order valence-electron chi connectivity index (χ3n) is 5.76. The molecule has 0 unspecified atom stereocenters. The quantitative estimate of drug-likeness (QED) is 0.695. The lowest BCUT2D eigenvalue weighted by molar-refractivity contribution is -0.139. The van der Waals surface area contributed by atoms with Crippen LogP contribution in [0.4, 0.5) is 5.69 Å². The van der Waals surface area contributed by atoms with E-state index in [1.807, 2.05) is 5.38 Å². The van der Waals surface area contributed by atoms with Gasteiger partial charge in [0.15, 0.2) is 0 Å². The Hall–Kier alpha value is -2.86. The van der Waals surface area contributed by atoms with Crippen molar-refractivity contribution >= 4 is 39.7 Å². The number of anilines is 1. The third kappa shape index (κ3) is 2.74. The Kier molecular flexibility index (Phi) is 4.13.